The topological polar surface area (TPSA) is 60.2 Å². The van der Waals surface area contributed by atoms with Crippen molar-refractivity contribution in [2.24, 2.45) is 0 Å². The van der Waals surface area contributed by atoms with Crippen LogP contribution in [0.3, 0.4) is 0 Å². The molecule has 0 aliphatic heterocycles. The molecule has 0 saturated heterocycles. The molecule has 0 aliphatic rings. The molecule has 3 nitrogen and oxygen atoms in total. The Bertz CT molecular complexity index is 285. The van der Waals surface area contributed by atoms with Gasteiger partial charge in [-0.3, -0.25) is 0 Å². The number of nitrogens with two attached hydrogens (primary N) is 1. The molecule has 0 radical (unpaired) electrons. The van der Waals surface area contributed by atoms with Gasteiger partial charge in [-0.05, 0) is 0 Å². The Labute approximate surface area is 71.0 Å². The van der Waals surface area contributed by atoms with Crippen LogP contribution in [-0.4, -0.2) is 6.15 Å². The maximum Gasteiger partial charge on any atom is 0.373 e. The molecule has 2 N–H and O–H groups in total. The summed E-state index contributed by atoms with van der Waals surface area (Å²) in [6, 6.07) is 1.01. The largest absolute Gasteiger partial charge is 0.396 e. The Morgan fingerprint density at radius 1 is 1.00 bits per heavy atom. The number of carbonyl (C=O) groups excluding carboxylic acids is 2. The van der Waals surface area contributed by atoms with Gasteiger partial charge in [-0.15, -0.1) is 0 Å². The van der Waals surface area contributed by atoms with E-state index in [2.05, 4.69) is 0 Å². The highest BCUT2D eigenvalue weighted by Gasteiger charge is 2.05. The summed E-state index contributed by atoms with van der Waals surface area (Å²) < 4.78 is 36.5. The molecular weight excluding hydrogens is 187 g/mol. The van der Waals surface area contributed by atoms with Gasteiger partial charge in [0.15, 0.2) is 11.6 Å². The Morgan fingerprint density at radius 2 is 1.38 bits per heavy atom. The third-order valence-electron chi connectivity index (χ3n) is 1.04. The lowest BCUT2D eigenvalue weighted by Gasteiger charge is -1.95. The first-order valence-electron chi connectivity index (χ1n) is 2.92. The van der Waals surface area contributed by atoms with Crippen LogP contribution in [0.15, 0.2) is 12.1 Å². The molecule has 0 fully saturated rings. The minimum Gasteiger partial charge on any atom is -0.396 e. The molecule has 1 rings (SSSR count). The summed E-state index contributed by atoms with van der Waals surface area (Å²) in [5.74, 6) is -3.32. The molecular formula is C7H4F3NO2. The van der Waals surface area contributed by atoms with E-state index in [-0.39, 0.29) is 11.8 Å². The van der Waals surface area contributed by atoms with Crippen LogP contribution < -0.4 is 5.73 Å². The van der Waals surface area contributed by atoms with Crippen molar-refractivity contribution < 1.29 is 22.8 Å². The van der Waals surface area contributed by atoms with Crippen molar-refractivity contribution >= 4 is 11.8 Å². The van der Waals surface area contributed by atoms with Crippen LogP contribution in [0.4, 0.5) is 18.9 Å². The van der Waals surface area contributed by atoms with Gasteiger partial charge < -0.3 is 5.73 Å². The van der Waals surface area contributed by atoms with Crippen molar-refractivity contribution in [1.82, 2.24) is 0 Å². The molecule has 13 heavy (non-hydrogen) atoms. The molecule has 0 amide bonds. The van der Waals surface area contributed by atoms with Crippen molar-refractivity contribution in [1.29, 1.82) is 0 Å². The molecule has 0 bridgehead atoms. The van der Waals surface area contributed by atoms with Crippen LogP contribution in [0.25, 0.3) is 0 Å². The standard InChI is InChI=1S/C6H4F3N.CO2/c7-3-1-5(9)6(10)2-4(3)8;2-1-3/h1-2H,10H2;. The highest BCUT2D eigenvalue weighted by atomic mass is 19.2. The normalized spacial score (nSPS) is 8.23. The monoisotopic (exact) mass is 191 g/mol. The predicted molar refractivity (Wildman–Crippen MR) is 35.7 cm³/mol. The van der Waals surface area contributed by atoms with Gasteiger partial charge in [0, 0.05) is 12.1 Å². The number of nitrogen functional groups attached to an aromatic ring is 1. The molecule has 1 aromatic carbocycles. The Kier molecular flexibility index (Phi) is 4.26. The van der Waals surface area contributed by atoms with E-state index in [1.165, 1.54) is 0 Å². The Morgan fingerprint density at radius 3 is 1.77 bits per heavy atom. The van der Waals surface area contributed by atoms with E-state index in [1.54, 1.807) is 0 Å². The zero-order valence-corrected chi connectivity index (χ0v) is 6.18. The molecule has 6 heteroatoms. The summed E-state index contributed by atoms with van der Waals surface area (Å²) in [5.41, 5.74) is 4.52. The fourth-order valence-corrected chi connectivity index (χ4v) is 0.538. The van der Waals surface area contributed by atoms with E-state index < -0.39 is 17.5 Å². The Balaban J connectivity index is 0.000000424. The summed E-state index contributed by atoms with van der Waals surface area (Å²) in [4.78, 5) is 16.2. The van der Waals surface area contributed by atoms with E-state index in [0.717, 1.165) is 0 Å². The van der Waals surface area contributed by atoms with E-state index >= 15 is 0 Å². The maximum absolute atomic E-state index is 12.2. The minimum absolute atomic E-state index is 0.250. The summed E-state index contributed by atoms with van der Waals surface area (Å²) in [6.07, 6.45) is 0.250. The highest BCUT2D eigenvalue weighted by Crippen LogP contribution is 2.14. The molecule has 0 aliphatic carbocycles. The quantitative estimate of drug-likeness (QED) is 0.493. The molecule has 1 aromatic rings. The van der Waals surface area contributed by atoms with Crippen molar-refractivity contribution in [3.05, 3.63) is 29.6 Å². The molecule has 0 atom stereocenters. The SMILES string of the molecule is Nc1cc(F)c(F)cc1F.O=C=O. The van der Waals surface area contributed by atoms with Gasteiger partial charge in [0.1, 0.15) is 5.82 Å². The van der Waals surface area contributed by atoms with Gasteiger partial charge >= 0.3 is 6.15 Å². The van der Waals surface area contributed by atoms with Gasteiger partial charge in [-0.25, -0.2) is 13.2 Å². The zero-order valence-electron chi connectivity index (χ0n) is 6.18. The van der Waals surface area contributed by atoms with E-state index in [4.69, 9.17) is 15.3 Å². The number of anilines is 1. The van der Waals surface area contributed by atoms with Crippen LogP contribution >= 0.6 is 0 Å². The summed E-state index contributed by atoms with van der Waals surface area (Å²) in [6.45, 7) is 0. The molecule has 0 spiro atoms. The summed E-state index contributed by atoms with van der Waals surface area (Å²) in [7, 11) is 0. The van der Waals surface area contributed by atoms with Crippen LogP contribution in [0.2, 0.25) is 0 Å². The average Bonchev–Trinajstić information content (AvgIpc) is 2.03. The number of halogens is 3. The third-order valence-corrected chi connectivity index (χ3v) is 1.04. The highest BCUT2D eigenvalue weighted by molar-refractivity contribution is 5.39. The lowest BCUT2D eigenvalue weighted by atomic mass is 10.3. The fourth-order valence-electron chi connectivity index (χ4n) is 0.538. The predicted octanol–water partition coefficient (Wildman–Crippen LogP) is 1.10. The second-order valence-corrected chi connectivity index (χ2v) is 1.87. The van der Waals surface area contributed by atoms with Crippen molar-refractivity contribution in [3.8, 4) is 0 Å². The fraction of sp³-hybridized carbons (Fsp3) is 0. The van der Waals surface area contributed by atoms with Crippen molar-refractivity contribution in [2.75, 3.05) is 5.73 Å². The van der Waals surface area contributed by atoms with Crippen molar-refractivity contribution in [2.45, 2.75) is 0 Å². The van der Waals surface area contributed by atoms with Crippen molar-refractivity contribution in [3.63, 3.8) is 0 Å². The lowest BCUT2D eigenvalue weighted by molar-refractivity contribution is -0.191. The molecule has 70 valence electrons. The van der Waals surface area contributed by atoms with E-state index in [9.17, 15) is 13.2 Å². The maximum atomic E-state index is 12.2. The number of benzene rings is 1. The molecule has 0 aromatic heterocycles. The second kappa shape index (κ2) is 4.95. The lowest BCUT2D eigenvalue weighted by Crippen LogP contribution is -1.94. The molecule has 0 heterocycles. The van der Waals surface area contributed by atoms with Crippen LogP contribution in [0, 0.1) is 17.5 Å². The minimum atomic E-state index is -1.23. The van der Waals surface area contributed by atoms with Crippen LogP contribution in [0.5, 0.6) is 0 Å². The van der Waals surface area contributed by atoms with Gasteiger partial charge in [0.25, 0.3) is 0 Å². The Hall–Kier alpha value is -1.81. The van der Waals surface area contributed by atoms with Gasteiger partial charge in [-0.1, -0.05) is 0 Å². The zero-order chi connectivity index (χ0) is 10.4. The van der Waals surface area contributed by atoms with E-state index in [0.29, 0.717) is 12.1 Å². The molecule has 0 unspecified atom stereocenters. The first-order valence-corrected chi connectivity index (χ1v) is 2.92. The summed E-state index contributed by atoms with van der Waals surface area (Å²) in [5, 5.41) is 0. The van der Waals surface area contributed by atoms with Crippen LogP contribution in [0.1, 0.15) is 0 Å². The van der Waals surface area contributed by atoms with Crippen LogP contribution in [-0.2, 0) is 9.59 Å². The molecule has 0 saturated carbocycles. The first kappa shape index (κ1) is 11.2. The summed E-state index contributed by atoms with van der Waals surface area (Å²) >= 11 is 0. The van der Waals surface area contributed by atoms with Gasteiger partial charge in [-0.2, -0.15) is 9.59 Å². The first-order chi connectivity index (χ1) is 6.02. The second-order valence-electron chi connectivity index (χ2n) is 1.87. The van der Waals surface area contributed by atoms with Gasteiger partial charge in [0.05, 0.1) is 5.69 Å². The number of rotatable bonds is 0. The third kappa shape index (κ3) is 3.39. The van der Waals surface area contributed by atoms with Gasteiger partial charge in [0.2, 0.25) is 0 Å². The number of hydrogen-bond donors (Lipinski definition) is 1. The smallest absolute Gasteiger partial charge is 0.373 e. The van der Waals surface area contributed by atoms with E-state index in [1.807, 2.05) is 0 Å². The average molecular weight is 191 g/mol. The number of hydrogen-bond acceptors (Lipinski definition) is 3.